The number of sulfonamides is 1. The number of nitrogens with one attached hydrogen (secondary N) is 2. The van der Waals surface area contributed by atoms with Crippen LogP contribution in [0.5, 0.6) is 0 Å². The molecule has 1 aliphatic rings. The number of rotatable bonds is 6. The molecule has 2 N–H and O–H groups in total. The highest BCUT2D eigenvalue weighted by Crippen LogP contribution is 2.21. The molecule has 0 aliphatic heterocycles. The van der Waals surface area contributed by atoms with Crippen molar-refractivity contribution >= 4 is 15.9 Å². The molecule has 0 aromatic heterocycles. The van der Waals surface area contributed by atoms with Crippen molar-refractivity contribution in [3.8, 4) is 0 Å². The average Bonchev–Trinajstić information content (AvgIpc) is 3.37. The number of carbonyl (C=O) groups excluding carboxylic acids is 1. The van der Waals surface area contributed by atoms with Crippen LogP contribution in [0.15, 0.2) is 47.4 Å². The highest BCUT2D eigenvalue weighted by atomic mass is 32.2. The lowest BCUT2D eigenvalue weighted by molar-refractivity contribution is 0.0951. The fraction of sp³-hybridized carbons (Fsp3) is 0.278. The Morgan fingerprint density at radius 2 is 1.77 bits per heavy atom. The summed E-state index contributed by atoms with van der Waals surface area (Å²) >= 11 is 0. The van der Waals surface area contributed by atoms with E-state index < -0.39 is 27.7 Å². The molecule has 1 atom stereocenters. The van der Waals surface area contributed by atoms with E-state index in [2.05, 4.69) is 10.0 Å². The molecule has 2 aromatic carbocycles. The van der Waals surface area contributed by atoms with E-state index in [0.29, 0.717) is 6.07 Å². The molecule has 0 bridgehead atoms. The fourth-order valence-electron chi connectivity index (χ4n) is 2.49. The van der Waals surface area contributed by atoms with Crippen LogP contribution >= 0.6 is 0 Å². The summed E-state index contributed by atoms with van der Waals surface area (Å²) in [5, 5.41) is 2.79. The largest absolute Gasteiger partial charge is 0.349 e. The lowest BCUT2D eigenvalue weighted by Gasteiger charge is -2.15. The molecular formula is C18H18F2N2O3S. The summed E-state index contributed by atoms with van der Waals surface area (Å²) in [6, 6.07) is 7.79. The van der Waals surface area contributed by atoms with E-state index in [1.165, 1.54) is 31.2 Å². The first-order valence-corrected chi connectivity index (χ1v) is 9.62. The maximum Gasteiger partial charge on any atom is 0.251 e. The predicted molar refractivity (Wildman–Crippen MR) is 92.0 cm³/mol. The zero-order chi connectivity index (χ0) is 18.9. The molecule has 0 spiro atoms. The average molecular weight is 380 g/mol. The Bertz CT molecular complexity index is 923. The summed E-state index contributed by atoms with van der Waals surface area (Å²) in [4.78, 5) is 12.0. The van der Waals surface area contributed by atoms with Crippen molar-refractivity contribution in [1.29, 1.82) is 0 Å². The first-order chi connectivity index (χ1) is 12.2. The number of benzene rings is 2. The van der Waals surface area contributed by atoms with Crippen LogP contribution in [0.3, 0.4) is 0 Å². The Morgan fingerprint density at radius 3 is 2.38 bits per heavy atom. The molecule has 1 amide bonds. The van der Waals surface area contributed by atoms with Crippen LogP contribution < -0.4 is 10.0 Å². The van der Waals surface area contributed by atoms with Gasteiger partial charge in [0.05, 0.1) is 4.90 Å². The molecule has 0 radical (unpaired) electrons. The number of carbonyl (C=O) groups is 1. The summed E-state index contributed by atoms with van der Waals surface area (Å²) < 4.78 is 54.2. The Morgan fingerprint density at radius 1 is 1.12 bits per heavy atom. The quantitative estimate of drug-likeness (QED) is 0.809. The van der Waals surface area contributed by atoms with Gasteiger partial charge >= 0.3 is 0 Å². The smallest absolute Gasteiger partial charge is 0.251 e. The lowest BCUT2D eigenvalue weighted by atomic mass is 10.1. The standard InChI is InChI=1S/C18H18F2N2O3S/c1-11(13-7-14(19)10-15(20)8-13)22-26(24,25)17-4-2-3-12(9-17)18(23)21-16-5-6-16/h2-4,7-11,16,22H,5-6H2,1H3,(H,21,23)/t11-/m1/s1. The minimum absolute atomic E-state index is 0.0929. The van der Waals surface area contributed by atoms with Gasteiger partial charge < -0.3 is 5.32 Å². The molecule has 2 aromatic rings. The molecule has 0 heterocycles. The van der Waals surface area contributed by atoms with Gasteiger partial charge in [0.15, 0.2) is 0 Å². The first-order valence-electron chi connectivity index (χ1n) is 8.14. The second kappa shape index (κ2) is 7.13. The molecule has 138 valence electrons. The van der Waals surface area contributed by atoms with Crippen LogP contribution in [0, 0.1) is 11.6 Å². The van der Waals surface area contributed by atoms with Gasteiger partial charge in [0.25, 0.3) is 5.91 Å². The van der Waals surface area contributed by atoms with Crippen LogP contribution in [0.2, 0.25) is 0 Å². The SMILES string of the molecule is C[C@@H](NS(=O)(=O)c1cccc(C(=O)NC2CC2)c1)c1cc(F)cc(F)c1. The van der Waals surface area contributed by atoms with Gasteiger partial charge in [-0.25, -0.2) is 21.9 Å². The number of amides is 1. The minimum atomic E-state index is -3.98. The van der Waals surface area contributed by atoms with Crippen molar-refractivity contribution in [1.82, 2.24) is 10.0 Å². The second-order valence-electron chi connectivity index (χ2n) is 6.32. The molecule has 5 nitrogen and oxygen atoms in total. The van der Waals surface area contributed by atoms with E-state index in [9.17, 15) is 22.0 Å². The minimum Gasteiger partial charge on any atom is -0.349 e. The van der Waals surface area contributed by atoms with Crippen molar-refractivity contribution in [3.05, 3.63) is 65.2 Å². The highest BCUT2D eigenvalue weighted by molar-refractivity contribution is 7.89. The molecule has 1 fully saturated rings. The van der Waals surface area contributed by atoms with Crippen molar-refractivity contribution in [2.75, 3.05) is 0 Å². The van der Waals surface area contributed by atoms with E-state index in [4.69, 9.17) is 0 Å². The van der Waals surface area contributed by atoms with E-state index in [0.717, 1.165) is 25.0 Å². The highest BCUT2D eigenvalue weighted by Gasteiger charge is 2.25. The van der Waals surface area contributed by atoms with Crippen LogP contribution in [-0.4, -0.2) is 20.4 Å². The van der Waals surface area contributed by atoms with Crippen molar-refractivity contribution in [2.24, 2.45) is 0 Å². The van der Waals surface area contributed by atoms with Crippen LogP contribution in [0.25, 0.3) is 0 Å². The van der Waals surface area contributed by atoms with E-state index in [1.54, 1.807) is 0 Å². The Labute approximate surface area is 150 Å². The van der Waals surface area contributed by atoms with Gasteiger partial charge in [0.1, 0.15) is 11.6 Å². The van der Waals surface area contributed by atoms with Crippen LogP contribution in [-0.2, 0) is 10.0 Å². The van der Waals surface area contributed by atoms with Gasteiger partial charge in [0.2, 0.25) is 10.0 Å². The summed E-state index contributed by atoms with van der Waals surface area (Å²) in [6.45, 7) is 1.48. The summed E-state index contributed by atoms with van der Waals surface area (Å²) in [6.07, 6.45) is 1.85. The fourth-order valence-corrected chi connectivity index (χ4v) is 3.77. The van der Waals surface area contributed by atoms with Gasteiger partial charge in [-0.05, 0) is 55.7 Å². The monoisotopic (exact) mass is 380 g/mol. The maximum atomic E-state index is 13.3. The first kappa shape index (κ1) is 18.5. The van der Waals surface area contributed by atoms with E-state index >= 15 is 0 Å². The number of hydrogen-bond acceptors (Lipinski definition) is 3. The third-order valence-electron chi connectivity index (χ3n) is 4.04. The number of halogens is 2. The number of hydrogen-bond donors (Lipinski definition) is 2. The van der Waals surface area contributed by atoms with E-state index in [-0.39, 0.29) is 28.0 Å². The van der Waals surface area contributed by atoms with E-state index in [1.807, 2.05) is 0 Å². The second-order valence-corrected chi connectivity index (χ2v) is 8.04. The summed E-state index contributed by atoms with van der Waals surface area (Å²) in [5.41, 5.74) is 0.401. The van der Waals surface area contributed by atoms with Crippen molar-refractivity contribution in [3.63, 3.8) is 0 Å². The van der Waals surface area contributed by atoms with Gasteiger partial charge in [-0.1, -0.05) is 6.07 Å². The van der Waals surface area contributed by atoms with Gasteiger partial charge in [-0.15, -0.1) is 0 Å². The molecule has 8 heteroatoms. The summed E-state index contributed by atoms with van der Waals surface area (Å²) in [5.74, 6) is -1.90. The predicted octanol–water partition coefficient (Wildman–Crippen LogP) is 2.90. The van der Waals surface area contributed by atoms with Gasteiger partial charge in [-0.3, -0.25) is 4.79 Å². The Kier molecular flexibility index (Phi) is 5.06. The molecular weight excluding hydrogens is 362 g/mol. The van der Waals surface area contributed by atoms with Crippen LogP contribution in [0.1, 0.15) is 41.7 Å². The molecule has 1 saturated carbocycles. The van der Waals surface area contributed by atoms with Gasteiger partial charge in [-0.2, -0.15) is 0 Å². The topological polar surface area (TPSA) is 75.3 Å². The van der Waals surface area contributed by atoms with Crippen molar-refractivity contribution < 1.29 is 22.0 Å². The van der Waals surface area contributed by atoms with Crippen molar-refractivity contribution in [2.45, 2.75) is 36.7 Å². The van der Waals surface area contributed by atoms with Gasteiger partial charge in [0, 0.05) is 23.7 Å². The normalized spacial score (nSPS) is 15.5. The summed E-state index contributed by atoms with van der Waals surface area (Å²) in [7, 11) is -3.98. The molecule has 26 heavy (non-hydrogen) atoms. The van der Waals surface area contributed by atoms with Crippen LogP contribution in [0.4, 0.5) is 8.78 Å². The lowest BCUT2D eigenvalue weighted by Crippen LogP contribution is -2.28. The molecule has 1 aliphatic carbocycles. The Hall–Kier alpha value is -2.32. The maximum absolute atomic E-state index is 13.3. The molecule has 3 rings (SSSR count). The zero-order valence-corrected chi connectivity index (χ0v) is 14.8. The Balaban J connectivity index is 1.79. The molecule has 0 saturated heterocycles. The third-order valence-corrected chi connectivity index (χ3v) is 5.57. The third kappa shape index (κ3) is 4.44. The molecule has 0 unspecified atom stereocenters. The zero-order valence-electron chi connectivity index (χ0n) is 14.0.